The third-order valence-corrected chi connectivity index (χ3v) is 6.30. The van der Waals surface area contributed by atoms with Crippen LogP contribution in [0.1, 0.15) is 5.56 Å². The fourth-order valence-corrected chi connectivity index (χ4v) is 4.15. The van der Waals surface area contributed by atoms with Crippen LogP contribution in [0.5, 0.6) is 0 Å². The van der Waals surface area contributed by atoms with E-state index in [-0.39, 0.29) is 16.3 Å². The Morgan fingerprint density at radius 1 is 1.00 bits per heavy atom. The summed E-state index contributed by atoms with van der Waals surface area (Å²) in [6, 6.07) is 18.6. The number of nitrogens with zero attached hydrogens (tertiary/aromatic N) is 4. The molecule has 0 unspecified atom stereocenters. The zero-order chi connectivity index (χ0) is 24.1. The number of carbonyl (C=O) groups is 1. The number of nitrogens with one attached hydrogen (secondary N) is 1. The van der Waals surface area contributed by atoms with Crippen molar-refractivity contribution in [2.75, 3.05) is 5.75 Å². The summed E-state index contributed by atoms with van der Waals surface area (Å²) in [7, 11) is 0. The van der Waals surface area contributed by atoms with Gasteiger partial charge in [-0.2, -0.15) is 5.10 Å². The molecule has 0 aliphatic carbocycles. The fourth-order valence-electron chi connectivity index (χ4n) is 2.94. The molecule has 3 aromatic carbocycles. The number of carbonyl (C=O) groups excluding carboxylic acids is 1. The van der Waals surface area contributed by atoms with Gasteiger partial charge in [-0.1, -0.05) is 52.6 Å². The van der Waals surface area contributed by atoms with Crippen LogP contribution in [0.4, 0.5) is 4.39 Å². The van der Waals surface area contributed by atoms with Gasteiger partial charge in [0.15, 0.2) is 11.0 Å². The average molecular weight is 535 g/mol. The van der Waals surface area contributed by atoms with Gasteiger partial charge in [0.25, 0.3) is 5.91 Å². The highest BCUT2D eigenvalue weighted by Gasteiger charge is 2.17. The minimum absolute atomic E-state index is 0.00527. The van der Waals surface area contributed by atoms with Crippen molar-refractivity contribution < 1.29 is 9.18 Å². The SMILES string of the molecule is O=C(CSc1nnc(-c2ccc(Cl)cc2)n1-c1ccc(Cl)cc1)NN=Cc1c(F)cccc1Cl. The summed E-state index contributed by atoms with van der Waals surface area (Å²) in [5.74, 6) is -0.374. The molecule has 1 amide bonds. The molecule has 6 nitrogen and oxygen atoms in total. The molecule has 0 spiro atoms. The Labute approximate surface area is 213 Å². The van der Waals surface area contributed by atoms with Gasteiger partial charge in [0, 0.05) is 26.9 Å². The molecule has 1 aromatic heterocycles. The Morgan fingerprint density at radius 3 is 2.35 bits per heavy atom. The summed E-state index contributed by atoms with van der Waals surface area (Å²) in [5, 5.41) is 14.2. The van der Waals surface area contributed by atoms with Gasteiger partial charge < -0.3 is 0 Å². The van der Waals surface area contributed by atoms with Gasteiger partial charge >= 0.3 is 0 Å². The molecule has 0 aliphatic rings. The number of hydrazone groups is 1. The molecule has 0 atom stereocenters. The number of hydrogen-bond acceptors (Lipinski definition) is 5. The quantitative estimate of drug-likeness (QED) is 0.172. The van der Waals surface area contributed by atoms with Crippen molar-refractivity contribution >= 4 is 58.7 Å². The van der Waals surface area contributed by atoms with Gasteiger partial charge in [0.1, 0.15) is 5.82 Å². The van der Waals surface area contributed by atoms with Gasteiger partial charge in [-0.15, -0.1) is 10.2 Å². The molecule has 0 saturated carbocycles. The van der Waals surface area contributed by atoms with Crippen molar-refractivity contribution in [3.8, 4) is 17.1 Å². The van der Waals surface area contributed by atoms with E-state index < -0.39 is 11.7 Å². The Kier molecular flexibility index (Phi) is 7.84. The van der Waals surface area contributed by atoms with E-state index in [2.05, 4.69) is 20.7 Å². The largest absolute Gasteiger partial charge is 0.272 e. The van der Waals surface area contributed by atoms with Crippen molar-refractivity contribution in [2.24, 2.45) is 5.10 Å². The van der Waals surface area contributed by atoms with Crippen molar-refractivity contribution in [2.45, 2.75) is 5.16 Å². The fraction of sp³-hybridized carbons (Fsp3) is 0.0435. The monoisotopic (exact) mass is 533 g/mol. The highest BCUT2D eigenvalue weighted by atomic mass is 35.5. The number of thioether (sulfide) groups is 1. The van der Waals surface area contributed by atoms with Gasteiger partial charge in [-0.25, -0.2) is 9.82 Å². The Balaban J connectivity index is 1.52. The second kappa shape index (κ2) is 11.0. The lowest BCUT2D eigenvalue weighted by atomic mass is 10.2. The van der Waals surface area contributed by atoms with Gasteiger partial charge in [0.2, 0.25) is 0 Å². The van der Waals surface area contributed by atoms with E-state index in [0.29, 0.717) is 21.0 Å². The van der Waals surface area contributed by atoms with E-state index in [1.54, 1.807) is 24.3 Å². The number of hydrogen-bond donors (Lipinski definition) is 1. The summed E-state index contributed by atoms with van der Waals surface area (Å²) in [5.41, 5.74) is 4.03. The lowest BCUT2D eigenvalue weighted by Crippen LogP contribution is -2.20. The van der Waals surface area contributed by atoms with E-state index in [4.69, 9.17) is 34.8 Å². The van der Waals surface area contributed by atoms with E-state index in [1.165, 1.54) is 30.0 Å². The predicted octanol–water partition coefficient (Wildman–Crippen LogP) is 6.28. The van der Waals surface area contributed by atoms with Gasteiger partial charge in [-0.3, -0.25) is 9.36 Å². The molecule has 0 saturated heterocycles. The molecule has 1 heterocycles. The molecule has 11 heteroatoms. The summed E-state index contributed by atoms with van der Waals surface area (Å²) >= 11 is 19.2. The normalized spacial score (nSPS) is 11.2. The van der Waals surface area contributed by atoms with Crippen LogP contribution >= 0.6 is 46.6 Å². The maximum absolute atomic E-state index is 13.8. The van der Waals surface area contributed by atoms with Crippen molar-refractivity contribution in [3.63, 3.8) is 0 Å². The topological polar surface area (TPSA) is 72.2 Å². The van der Waals surface area contributed by atoms with Crippen LogP contribution in [0.2, 0.25) is 15.1 Å². The minimum Gasteiger partial charge on any atom is -0.272 e. The lowest BCUT2D eigenvalue weighted by Gasteiger charge is -2.10. The highest BCUT2D eigenvalue weighted by Crippen LogP contribution is 2.29. The third-order valence-electron chi connectivity index (χ3n) is 4.54. The summed E-state index contributed by atoms with van der Waals surface area (Å²) in [6.07, 6.45) is 1.16. The van der Waals surface area contributed by atoms with Crippen LogP contribution in [-0.2, 0) is 4.79 Å². The second-order valence-electron chi connectivity index (χ2n) is 6.84. The molecule has 0 bridgehead atoms. The molecule has 34 heavy (non-hydrogen) atoms. The van der Waals surface area contributed by atoms with E-state index in [1.807, 2.05) is 28.8 Å². The maximum Gasteiger partial charge on any atom is 0.250 e. The molecule has 0 aliphatic heterocycles. The Hall–Kier alpha value is -2.91. The Bertz CT molecular complexity index is 1320. The molecule has 4 rings (SSSR count). The van der Waals surface area contributed by atoms with E-state index in [9.17, 15) is 9.18 Å². The number of benzene rings is 3. The smallest absolute Gasteiger partial charge is 0.250 e. The van der Waals surface area contributed by atoms with Crippen molar-refractivity contribution in [1.82, 2.24) is 20.2 Å². The Morgan fingerprint density at radius 2 is 1.68 bits per heavy atom. The summed E-state index contributed by atoms with van der Waals surface area (Å²) in [6.45, 7) is 0. The first-order chi connectivity index (χ1) is 16.4. The number of rotatable bonds is 7. The lowest BCUT2D eigenvalue weighted by molar-refractivity contribution is -0.118. The van der Waals surface area contributed by atoms with Crippen LogP contribution < -0.4 is 5.43 Å². The summed E-state index contributed by atoms with van der Waals surface area (Å²) in [4.78, 5) is 12.3. The third kappa shape index (κ3) is 5.77. The van der Waals surface area contributed by atoms with Crippen LogP contribution in [0.15, 0.2) is 77.0 Å². The molecule has 172 valence electrons. The van der Waals surface area contributed by atoms with Gasteiger partial charge in [0.05, 0.1) is 17.0 Å². The van der Waals surface area contributed by atoms with Crippen LogP contribution in [0.3, 0.4) is 0 Å². The molecule has 0 radical (unpaired) electrons. The van der Waals surface area contributed by atoms with Crippen LogP contribution in [-0.4, -0.2) is 32.6 Å². The number of halogens is 4. The van der Waals surface area contributed by atoms with E-state index >= 15 is 0 Å². The molecule has 1 N–H and O–H groups in total. The minimum atomic E-state index is -0.536. The van der Waals surface area contributed by atoms with Crippen LogP contribution in [0.25, 0.3) is 17.1 Å². The molecular formula is C23H15Cl3FN5OS. The maximum atomic E-state index is 13.8. The average Bonchev–Trinajstić information content (AvgIpc) is 3.24. The van der Waals surface area contributed by atoms with Crippen molar-refractivity contribution in [1.29, 1.82) is 0 Å². The number of amides is 1. The first kappa shape index (κ1) is 24.2. The van der Waals surface area contributed by atoms with Gasteiger partial charge in [-0.05, 0) is 60.7 Å². The first-order valence-corrected chi connectivity index (χ1v) is 11.9. The first-order valence-electron chi connectivity index (χ1n) is 9.78. The second-order valence-corrected chi connectivity index (χ2v) is 9.06. The van der Waals surface area contributed by atoms with Crippen LogP contribution in [0, 0.1) is 5.82 Å². The van der Waals surface area contributed by atoms with Crippen molar-refractivity contribution in [3.05, 3.63) is 93.2 Å². The summed E-state index contributed by atoms with van der Waals surface area (Å²) < 4.78 is 15.6. The zero-order valence-electron chi connectivity index (χ0n) is 17.3. The highest BCUT2D eigenvalue weighted by molar-refractivity contribution is 7.99. The van der Waals surface area contributed by atoms with E-state index in [0.717, 1.165) is 17.5 Å². The molecular weight excluding hydrogens is 520 g/mol. The number of aromatic nitrogens is 3. The molecule has 0 fully saturated rings. The standard InChI is InChI=1S/C23H15Cl3FN5OS/c24-15-6-4-14(5-7-15)22-30-31-23(32(22)17-10-8-16(25)9-11-17)34-13-21(33)29-28-12-18-19(26)2-1-3-20(18)27/h1-12H,13H2,(H,29,33). The molecule has 4 aromatic rings. The zero-order valence-corrected chi connectivity index (χ0v) is 20.3. The predicted molar refractivity (Wildman–Crippen MR) is 135 cm³/mol.